The first-order chi connectivity index (χ1) is 6.92. The first-order valence-corrected chi connectivity index (χ1v) is 5.64. The van der Waals surface area contributed by atoms with E-state index in [-0.39, 0.29) is 0 Å². The second-order valence-corrected chi connectivity index (χ2v) is 4.20. The van der Waals surface area contributed by atoms with E-state index in [4.69, 9.17) is 5.73 Å². The van der Waals surface area contributed by atoms with Crippen LogP contribution < -0.4 is 5.73 Å². The molecule has 1 saturated carbocycles. The molecule has 3 N–H and O–H groups in total. The molecule has 0 aliphatic heterocycles. The van der Waals surface area contributed by atoms with Crippen molar-refractivity contribution in [2.24, 2.45) is 5.73 Å². The summed E-state index contributed by atoms with van der Waals surface area (Å²) in [4.78, 5) is 0. The number of H-pyrrole nitrogens is 1. The van der Waals surface area contributed by atoms with Crippen LogP contribution in [0, 0.1) is 0 Å². The third-order valence-electron chi connectivity index (χ3n) is 3.23. The zero-order valence-corrected chi connectivity index (χ0v) is 8.63. The Morgan fingerprint density at radius 1 is 1.29 bits per heavy atom. The Labute approximate surface area is 85.1 Å². The van der Waals surface area contributed by atoms with Gasteiger partial charge in [-0.3, -0.25) is 5.10 Å². The Kier molecular flexibility index (Phi) is 3.19. The second-order valence-electron chi connectivity index (χ2n) is 4.20. The van der Waals surface area contributed by atoms with E-state index in [0.29, 0.717) is 12.5 Å². The van der Waals surface area contributed by atoms with Crippen LogP contribution in [0.1, 0.15) is 55.7 Å². The van der Waals surface area contributed by atoms with E-state index in [1.807, 2.05) is 6.20 Å². The maximum atomic E-state index is 5.68. The molecule has 0 saturated heterocycles. The Bertz CT molecular complexity index is 272. The maximum Gasteiger partial charge on any atom is 0.0535 e. The summed E-state index contributed by atoms with van der Waals surface area (Å²) in [6, 6.07) is 0. The van der Waals surface area contributed by atoms with Crippen molar-refractivity contribution in [2.45, 2.75) is 51.0 Å². The van der Waals surface area contributed by atoms with Gasteiger partial charge in [0.25, 0.3) is 0 Å². The van der Waals surface area contributed by atoms with E-state index in [9.17, 15) is 0 Å². The molecule has 3 nitrogen and oxygen atoms in total. The molecule has 1 aromatic heterocycles. The Morgan fingerprint density at radius 3 is 2.64 bits per heavy atom. The molecule has 3 heteroatoms. The van der Waals surface area contributed by atoms with E-state index < -0.39 is 0 Å². The van der Waals surface area contributed by atoms with E-state index >= 15 is 0 Å². The van der Waals surface area contributed by atoms with Crippen LogP contribution in [0.25, 0.3) is 0 Å². The number of hydrogen-bond donors (Lipinski definition) is 2. The van der Waals surface area contributed by atoms with Crippen molar-refractivity contribution in [1.82, 2.24) is 10.2 Å². The van der Waals surface area contributed by atoms with Gasteiger partial charge in [0.15, 0.2) is 0 Å². The fourth-order valence-corrected chi connectivity index (χ4v) is 2.41. The van der Waals surface area contributed by atoms with Crippen LogP contribution in [0.2, 0.25) is 0 Å². The first-order valence-electron chi connectivity index (χ1n) is 5.64. The highest BCUT2D eigenvalue weighted by atomic mass is 15.1. The molecular formula is C11H19N3. The van der Waals surface area contributed by atoms with Crippen molar-refractivity contribution in [3.05, 3.63) is 17.5 Å². The lowest BCUT2D eigenvalue weighted by Gasteiger charge is -2.13. The molecular weight excluding hydrogens is 174 g/mol. The molecule has 0 aromatic carbocycles. The molecule has 1 aliphatic carbocycles. The fourth-order valence-electron chi connectivity index (χ4n) is 2.41. The van der Waals surface area contributed by atoms with Crippen molar-refractivity contribution in [3.8, 4) is 0 Å². The van der Waals surface area contributed by atoms with Gasteiger partial charge in [0.2, 0.25) is 0 Å². The summed E-state index contributed by atoms with van der Waals surface area (Å²) in [6.07, 6.45) is 9.97. The summed E-state index contributed by atoms with van der Waals surface area (Å²) in [7, 11) is 0. The highest BCUT2D eigenvalue weighted by molar-refractivity contribution is 5.20. The Balaban J connectivity index is 2.11. The predicted octanol–water partition coefficient (Wildman–Crippen LogP) is 2.31. The zero-order valence-electron chi connectivity index (χ0n) is 8.63. The highest BCUT2D eigenvalue weighted by Crippen LogP contribution is 2.31. The summed E-state index contributed by atoms with van der Waals surface area (Å²) in [5.41, 5.74) is 8.19. The minimum absolute atomic E-state index is 0.613. The molecule has 0 radical (unpaired) electrons. The summed E-state index contributed by atoms with van der Waals surface area (Å²) in [6.45, 7) is 0.613. The molecule has 2 rings (SSSR count). The van der Waals surface area contributed by atoms with E-state index in [2.05, 4.69) is 10.2 Å². The molecule has 14 heavy (non-hydrogen) atoms. The Hall–Kier alpha value is -0.830. The summed E-state index contributed by atoms with van der Waals surface area (Å²) < 4.78 is 0. The molecule has 1 fully saturated rings. The topological polar surface area (TPSA) is 54.7 Å². The predicted molar refractivity (Wildman–Crippen MR) is 56.9 cm³/mol. The van der Waals surface area contributed by atoms with Gasteiger partial charge < -0.3 is 5.73 Å². The molecule has 0 unspecified atom stereocenters. The van der Waals surface area contributed by atoms with Gasteiger partial charge >= 0.3 is 0 Å². The molecule has 1 aliphatic rings. The molecule has 0 bridgehead atoms. The minimum Gasteiger partial charge on any atom is -0.326 e. The number of aromatic amines is 1. The van der Waals surface area contributed by atoms with Crippen LogP contribution in [0.4, 0.5) is 0 Å². The molecule has 0 atom stereocenters. The highest BCUT2D eigenvalue weighted by Gasteiger charge is 2.18. The fraction of sp³-hybridized carbons (Fsp3) is 0.727. The lowest BCUT2D eigenvalue weighted by molar-refractivity contribution is 0.571. The third kappa shape index (κ3) is 1.98. The van der Waals surface area contributed by atoms with Crippen LogP contribution in [-0.4, -0.2) is 10.2 Å². The number of nitrogens with two attached hydrogens (primary N) is 1. The standard InChI is InChI=1S/C11H19N3/c12-7-10-8-13-14-11(10)9-5-3-1-2-4-6-9/h8-9H,1-7,12H2,(H,13,14). The van der Waals surface area contributed by atoms with Gasteiger partial charge in [-0.1, -0.05) is 25.7 Å². The van der Waals surface area contributed by atoms with Crippen LogP contribution in [0.5, 0.6) is 0 Å². The minimum atomic E-state index is 0.613. The normalized spacial score (nSPS) is 19.5. The zero-order chi connectivity index (χ0) is 9.80. The number of aromatic nitrogens is 2. The molecule has 1 aromatic rings. The maximum absolute atomic E-state index is 5.68. The molecule has 0 amide bonds. The lowest BCUT2D eigenvalue weighted by atomic mass is 9.94. The Morgan fingerprint density at radius 2 is 2.00 bits per heavy atom. The SMILES string of the molecule is NCc1cn[nH]c1C1CCCCCC1. The van der Waals surface area contributed by atoms with Crippen molar-refractivity contribution >= 4 is 0 Å². The third-order valence-corrected chi connectivity index (χ3v) is 3.23. The van der Waals surface area contributed by atoms with Gasteiger partial charge in [0.1, 0.15) is 0 Å². The number of nitrogens with zero attached hydrogens (tertiary/aromatic N) is 1. The van der Waals surface area contributed by atoms with Gasteiger partial charge in [0, 0.05) is 23.7 Å². The summed E-state index contributed by atoms with van der Waals surface area (Å²) >= 11 is 0. The average molecular weight is 193 g/mol. The van der Waals surface area contributed by atoms with Crippen molar-refractivity contribution in [3.63, 3.8) is 0 Å². The van der Waals surface area contributed by atoms with Gasteiger partial charge in [0.05, 0.1) is 6.20 Å². The lowest BCUT2D eigenvalue weighted by Crippen LogP contribution is -2.05. The number of nitrogens with one attached hydrogen (secondary N) is 1. The molecule has 1 heterocycles. The quantitative estimate of drug-likeness (QED) is 0.708. The van der Waals surface area contributed by atoms with E-state index in [1.165, 1.54) is 49.8 Å². The van der Waals surface area contributed by atoms with Gasteiger partial charge in [-0.2, -0.15) is 5.10 Å². The monoisotopic (exact) mass is 193 g/mol. The molecule has 78 valence electrons. The number of hydrogen-bond acceptors (Lipinski definition) is 2. The largest absolute Gasteiger partial charge is 0.326 e. The van der Waals surface area contributed by atoms with E-state index in [0.717, 1.165) is 0 Å². The second kappa shape index (κ2) is 4.60. The summed E-state index contributed by atoms with van der Waals surface area (Å²) in [5, 5.41) is 7.22. The van der Waals surface area contributed by atoms with Crippen LogP contribution in [-0.2, 0) is 6.54 Å². The van der Waals surface area contributed by atoms with Crippen LogP contribution >= 0.6 is 0 Å². The van der Waals surface area contributed by atoms with Crippen LogP contribution in [0.3, 0.4) is 0 Å². The van der Waals surface area contributed by atoms with Gasteiger partial charge in [-0.05, 0) is 12.8 Å². The molecule has 0 spiro atoms. The summed E-state index contributed by atoms with van der Waals surface area (Å²) in [5.74, 6) is 0.679. The van der Waals surface area contributed by atoms with Gasteiger partial charge in [-0.25, -0.2) is 0 Å². The van der Waals surface area contributed by atoms with Crippen LogP contribution in [0.15, 0.2) is 6.20 Å². The average Bonchev–Trinajstić information content (AvgIpc) is 2.52. The van der Waals surface area contributed by atoms with E-state index in [1.54, 1.807) is 0 Å². The first kappa shape index (κ1) is 9.71. The van der Waals surface area contributed by atoms with Crippen molar-refractivity contribution in [1.29, 1.82) is 0 Å². The van der Waals surface area contributed by atoms with Crippen molar-refractivity contribution in [2.75, 3.05) is 0 Å². The smallest absolute Gasteiger partial charge is 0.0535 e. The van der Waals surface area contributed by atoms with Crippen molar-refractivity contribution < 1.29 is 0 Å². The van der Waals surface area contributed by atoms with Gasteiger partial charge in [-0.15, -0.1) is 0 Å². The number of rotatable bonds is 2.